The topological polar surface area (TPSA) is 50.2 Å². The van der Waals surface area contributed by atoms with E-state index in [0.717, 1.165) is 23.5 Å². The molecule has 0 spiro atoms. The number of nitrogens with zero attached hydrogens (tertiary/aromatic N) is 1. The van der Waals surface area contributed by atoms with Crippen LogP contribution in [0.1, 0.15) is 10.4 Å². The maximum Gasteiger partial charge on any atom is 0.335 e. The second kappa shape index (κ2) is 4.85. The van der Waals surface area contributed by atoms with E-state index in [1.807, 2.05) is 0 Å². The summed E-state index contributed by atoms with van der Waals surface area (Å²) in [4.78, 5) is 15.1. The zero-order valence-corrected chi connectivity index (χ0v) is 11.0. The van der Waals surface area contributed by atoms with E-state index >= 15 is 0 Å². The van der Waals surface area contributed by atoms with Gasteiger partial charge in [-0.25, -0.2) is 22.9 Å². The van der Waals surface area contributed by atoms with Crippen molar-refractivity contribution in [3.05, 3.63) is 53.3 Å². The first kappa shape index (κ1) is 13.6. The van der Waals surface area contributed by atoms with Crippen LogP contribution in [-0.4, -0.2) is 16.1 Å². The van der Waals surface area contributed by atoms with Gasteiger partial charge in [-0.1, -0.05) is 0 Å². The van der Waals surface area contributed by atoms with E-state index in [9.17, 15) is 18.0 Å². The highest BCUT2D eigenvalue weighted by Gasteiger charge is 2.15. The Morgan fingerprint density at radius 1 is 1.10 bits per heavy atom. The summed E-state index contributed by atoms with van der Waals surface area (Å²) < 4.78 is 40.0. The third-order valence-electron chi connectivity index (χ3n) is 2.87. The maximum absolute atomic E-state index is 13.2. The van der Waals surface area contributed by atoms with Gasteiger partial charge in [0.15, 0.2) is 17.5 Å². The van der Waals surface area contributed by atoms with Crippen LogP contribution in [0.5, 0.6) is 0 Å². The second-order valence-corrected chi connectivity index (χ2v) is 5.29. The molecule has 0 saturated heterocycles. The number of benzene rings is 2. The Labute approximate surface area is 120 Å². The highest BCUT2D eigenvalue weighted by atomic mass is 32.1. The number of carboxylic acid groups (broad SMARTS) is 1. The number of aromatic nitrogens is 1. The molecule has 0 aliphatic carbocycles. The average Bonchev–Trinajstić information content (AvgIpc) is 2.86. The van der Waals surface area contributed by atoms with Crippen LogP contribution in [0.3, 0.4) is 0 Å². The van der Waals surface area contributed by atoms with Gasteiger partial charge >= 0.3 is 5.97 Å². The fourth-order valence-electron chi connectivity index (χ4n) is 1.86. The van der Waals surface area contributed by atoms with Crippen LogP contribution in [-0.2, 0) is 0 Å². The molecule has 3 rings (SSSR count). The van der Waals surface area contributed by atoms with Crippen LogP contribution in [0.4, 0.5) is 13.2 Å². The molecular weight excluding hydrogens is 303 g/mol. The van der Waals surface area contributed by atoms with E-state index in [0.29, 0.717) is 10.2 Å². The van der Waals surface area contributed by atoms with Crippen molar-refractivity contribution in [1.29, 1.82) is 0 Å². The minimum atomic E-state index is -1.53. The number of hydrogen-bond acceptors (Lipinski definition) is 3. The van der Waals surface area contributed by atoms with Crippen molar-refractivity contribution < 1.29 is 23.1 Å². The predicted octanol–water partition coefficient (Wildman–Crippen LogP) is 4.08. The molecule has 3 aromatic rings. The molecule has 1 aromatic heterocycles. The van der Waals surface area contributed by atoms with E-state index in [2.05, 4.69) is 4.98 Å². The quantitative estimate of drug-likeness (QED) is 0.726. The zero-order valence-electron chi connectivity index (χ0n) is 10.2. The van der Waals surface area contributed by atoms with Crippen molar-refractivity contribution in [2.75, 3.05) is 0 Å². The number of carbonyl (C=O) groups is 1. The Kier molecular flexibility index (Phi) is 3.13. The first-order valence-electron chi connectivity index (χ1n) is 5.74. The van der Waals surface area contributed by atoms with Crippen molar-refractivity contribution >= 4 is 27.5 Å². The fourth-order valence-corrected chi connectivity index (χ4v) is 2.85. The Morgan fingerprint density at radius 3 is 2.38 bits per heavy atom. The monoisotopic (exact) mass is 309 g/mol. The van der Waals surface area contributed by atoms with Gasteiger partial charge in [0.05, 0.1) is 15.8 Å². The number of hydrogen-bond donors (Lipinski definition) is 1. The molecule has 21 heavy (non-hydrogen) atoms. The Bertz CT molecular complexity index is 853. The van der Waals surface area contributed by atoms with Crippen molar-refractivity contribution in [2.24, 2.45) is 0 Å². The predicted molar refractivity (Wildman–Crippen MR) is 71.9 cm³/mol. The van der Waals surface area contributed by atoms with Gasteiger partial charge in [-0.05, 0) is 30.3 Å². The van der Waals surface area contributed by atoms with Crippen LogP contribution in [0, 0.1) is 17.5 Å². The second-order valence-electron chi connectivity index (χ2n) is 4.26. The summed E-state index contributed by atoms with van der Waals surface area (Å²) >= 11 is 1.07. The molecule has 0 fully saturated rings. The van der Waals surface area contributed by atoms with Gasteiger partial charge < -0.3 is 5.11 Å². The molecular formula is C14H6F3NO2S. The van der Waals surface area contributed by atoms with Crippen molar-refractivity contribution in [1.82, 2.24) is 4.98 Å². The van der Waals surface area contributed by atoms with Crippen molar-refractivity contribution in [3.63, 3.8) is 0 Å². The molecule has 7 heteroatoms. The third kappa shape index (κ3) is 2.36. The van der Waals surface area contributed by atoms with Crippen molar-refractivity contribution in [2.45, 2.75) is 0 Å². The molecule has 0 atom stereocenters. The molecule has 106 valence electrons. The number of aromatic carboxylic acids is 1. The minimum absolute atomic E-state index is 0.0918. The Balaban J connectivity index is 2.15. The number of carboxylic acids is 1. The first-order valence-corrected chi connectivity index (χ1v) is 6.56. The minimum Gasteiger partial charge on any atom is -0.478 e. The van der Waals surface area contributed by atoms with Crippen LogP contribution in [0.2, 0.25) is 0 Å². The highest BCUT2D eigenvalue weighted by molar-refractivity contribution is 7.21. The largest absolute Gasteiger partial charge is 0.478 e. The van der Waals surface area contributed by atoms with Gasteiger partial charge in [0.2, 0.25) is 0 Å². The van der Waals surface area contributed by atoms with Gasteiger partial charge in [-0.3, -0.25) is 0 Å². The number of thiazole rings is 1. The fraction of sp³-hybridized carbons (Fsp3) is 0. The zero-order chi connectivity index (χ0) is 15.1. The molecule has 0 aliphatic rings. The highest BCUT2D eigenvalue weighted by Crippen LogP contribution is 2.32. The van der Waals surface area contributed by atoms with E-state index in [1.54, 1.807) is 0 Å². The lowest BCUT2D eigenvalue weighted by Crippen LogP contribution is -1.94. The van der Waals surface area contributed by atoms with Crippen molar-refractivity contribution in [3.8, 4) is 10.6 Å². The summed E-state index contributed by atoms with van der Waals surface area (Å²) in [5.74, 6) is -5.20. The lowest BCUT2D eigenvalue weighted by atomic mass is 10.2. The van der Waals surface area contributed by atoms with E-state index in [4.69, 9.17) is 5.11 Å². The molecule has 0 saturated carbocycles. The molecule has 0 aliphatic heterocycles. The SMILES string of the molecule is O=C(O)c1ccc2nc(-c3cc(F)c(F)c(F)c3)sc2c1. The number of halogens is 3. The van der Waals surface area contributed by atoms with Gasteiger partial charge in [0.25, 0.3) is 0 Å². The van der Waals surface area contributed by atoms with Crippen LogP contribution in [0.15, 0.2) is 30.3 Å². The lowest BCUT2D eigenvalue weighted by Gasteiger charge is -1.99. The normalized spacial score (nSPS) is 11.0. The summed E-state index contributed by atoms with van der Waals surface area (Å²) in [5, 5.41) is 9.20. The summed E-state index contributed by atoms with van der Waals surface area (Å²) in [6, 6.07) is 6.03. The smallest absolute Gasteiger partial charge is 0.335 e. The van der Waals surface area contributed by atoms with Crippen LogP contribution >= 0.6 is 11.3 Å². The molecule has 0 unspecified atom stereocenters. The molecule has 0 radical (unpaired) electrons. The molecule has 3 nitrogen and oxygen atoms in total. The van der Waals surface area contributed by atoms with Crippen LogP contribution in [0.25, 0.3) is 20.8 Å². The lowest BCUT2D eigenvalue weighted by molar-refractivity contribution is 0.0697. The van der Waals surface area contributed by atoms with Gasteiger partial charge in [-0.15, -0.1) is 11.3 Å². The standard InChI is InChI=1S/C14H6F3NO2S/c15-8-3-7(4-9(16)12(8)17)13-18-10-2-1-6(14(19)20)5-11(10)21-13/h1-5H,(H,19,20). The van der Waals surface area contributed by atoms with E-state index in [-0.39, 0.29) is 16.1 Å². The first-order chi connectivity index (χ1) is 9.95. The van der Waals surface area contributed by atoms with E-state index < -0.39 is 23.4 Å². The molecule has 1 heterocycles. The Morgan fingerprint density at radius 2 is 1.76 bits per heavy atom. The van der Waals surface area contributed by atoms with Gasteiger partial charge in [0.1, 0.15) is 5.01 Å². The summed E-state index contributed by atoms with van der Waals surface area (Å²) in [5.41, 5.74) is 0.698. The molecule has 2 aromatic carbocycles. The van der Waals surface area contributed by atoms with Crippen LogP contribution < -0.4 is 0 Å². The van der Waals surface area contributed by atoms with Gasteiger partial charge in [-0.2, -0.15) is 0 Å². The number of fused-ring (bicyclic) bond motifs is 1. The van der Waals surface area contributed by atoms with Gasteiger partial charge in [0, 0.05) is 5.56 Å². The summed E-state index contributed by atoms with van der Waals surface area (Å²) in [7, 11) is 0. The molecule has 0 bridgehead atoms. The third-order valence-corrected chi connectivity index (χ3v) is 3.93. The maximum atomic E-state index is 13.2. The molecule has 1 N–H and O–H groups in total. The van der Waals surface area contributed by atoms with E-state index in [1.165, 1.54) is 18.2 Å². The Hall–Kier alpha value is -2.41. The number of rotatable bonds is 2. The average molecular weight is 309 g/mol. The summed E-state index contributed by atoms with van der Waals surface area (Å²) in [6.45, 7) is 0. The molecule has 0 amide bonds. The summed E-state index contributed by atoms with van der Waals surface area (Å²) in [6.07, 6.45) is 0.